The fourth-order valence-corrected chi connectivity index (χ4v) is 3.05. The van der Waals surface area contributed by atoms with Crippen molar-refractivity contribution in [3.63, 3.8) is 0 Å². The second-order valence-electron chi connectivity index (χ2n) is 6.88. The number of rotatable bonds is 2. The van der Waals surface area contributed by atoms with Crippen molar-refractivity contribution in [1.29, 1.82) is 0 Å². The van der Waals surface area contributed by atoms with Gasteiger partial charge in [0.1, 0.15) is 11.4 Å². The summed E-state index contributed by atoms with van der Waals surface area (Å²) in [4.78, 5) is 26.3. The molecule has 0 aliphatic carbocycles. The van der Waals surface area contributed by atoms with Crippen LogP contribution in [0.3, 0.4) is 0 Å². The van der Waals surface area contributed by atoms with Crippen LogP contribution in [0.1, 0.15) is 26.5 Å². The lowest BCUT2D eigenvalue weighted by atomic mass is 10.1. The van der Waals surface area contributed by atoms with Gasteiger partial charge < -0.3 is 4.57 Å². The molecule has 0 atom stereocenters. The quantitative estimate of drug-likeness (QED) is 0.501. The second-order valence-corrected chi connectivity index (χ2v) is 7.27. The van der Waals surface area contributed by atoms with Crippen molar-refractivity contribution in [3.8, 4) is 0 Å². The Kier molecular flexibility index (Phi) is 4.50. The first kappa shape index (κ1) is 18.0. The van der Waals surface area contributed by atoms with Gasteiger partial charge in [0.05, 0.1) is 5.69 Å². The van der Waals surface area contributed by atoms with Gasteiger partial charge in [-0.15, -0.1) is 0 Å². The van der Waals surface area contributed by atoms with E-state index in [1.54, 1.807) is 12.1 Å². The summed E-state index contributed by atoms with van der Waals surface area (Å²) >= 11 is 5.08. The maximum absolute atomic E-state index is 14.2. The molecule has 2 aromatic rings. The predicted molar refractivity (Wildman–Crippen MR) is 102 cm³/mol. The van der Waals surface area contributed by atoms with Crippen molar-refractivity contribution in [2.45, 2.75) is 26.3 Å². The van der Waals surface area contributed by atoms with Crippen LogP contribution in [0.15, 0.2) is 48.2 Å². The molecule has 26 heavy (non-hydrogen) atoms. The third-order valence-corrected chi connectivity index (χ3v) is 4.27. The van der Waals surface area contributed by atoms with Crippen LogP contribution in [0.2, 0.25) is 0 Å². The van der Waals surface area contributed by atoms with Crippen LogP contribution in [0, 0.1) is 5.82 Å². The highest BCUT2D eigenvalue weighted by atomic mass is 32.1. The molecule has 1 aromatic heterocycles. The first-order chi connectivity index (χ1) is 12.2. The number of anilines is 1. The lowest BCUT2D eigenvalue weighted by Gasteiger charge is -2.29. The molecular weight excluding hydrogens is 353 g/mol. The van der Waals surface area contributed by atoms with Crippen molar-refractivity contribution >= 4 is 40.9 Å². The van der Waals surface area contributed by atoms with Crippen LogP contribution in [0.4, 0.5) is 10.1 Å². The van der Waals surface area contributed by atoms with Crippen LogP contribution in [-0.4, -0.2) is 21.5 Å². The van der Waals surface area contributed by atoms with E-state index in [9.17, 15) is 14.0 Å². The molecule has 5 nitrogen and oxygen atoms in total. The van der Waals surface area contributed by atoms with E-state index in [-0.39, 0.29) is 21.9 Å². The number of para-hydroxylation sites is 1. The Morgan fingerprint density at radius 2 is 1.81 bits per heavy atom. The Balaban J connectivity index is 2.07. The number of hydrogen-bond donors (Lipinski definition) is 1. The molecule has 2 amide bonds. The zero-order valence-corrected chi connectivity index (χ0v) is 15.4. The van der Waals surface area contributed by atoms with Crippen molar-refractivity contribution in [2.75, 3.05) is 4.90 Å². The Hall–Kier alpha value is -2.80. The summed E-state index contributed by atoms with van der Waals surface area (Å²) < 4.78 is 16.1. The highest BCUT2D eigenvalue weighted by molar-refractivity contribution is 7.80. The average molecular weight is 371 g/mol. The third-order valence-electron chi connectivity index (χ3n) is 3.99. The summed E-state index contributed by atoms with van der Waals surface area (Å²) in [6, 6.07) is 9.42. The number of amides is 2. The van der Waals surface area contributed by atoms with Gasteiger partial charge in [0.25, 0.3) is 11.8 Å². The molecule has 0 bridgehead atoms. The molecule has 0 unspecified atom stereocenters. The smallest absolute Gasteiger partial charge is 0.270 e. The zero-order valence-electron chi connectivity index (χ0n) is 14.6. The van der Waals surface area contributed by atoms with Gasteiger partial charge in [0.15, 0.2) is 5.11 Å². The number of halogens is 1. The first-order valence-corrected chi connectivity index (χ1v) is 8.45. The van der Waals surface area contributed by atoms with Gasteiger partial charge in [-0.3, -0.25) is 14.9 Å². The zero-order chi connectivity index (χ0) is 19.1. The number of nitrogens with one attached hydrogen (secondary N) is 1. The molecule has 1 saturated heterocycles. The number of nitrogens with zero attached hydrogens (tertiary/aromatic N) is 2. The molecule has 1 N–H and O–H groups in total. The Bertz CT molecular complexity index is 940. The Morgan fingerprint density at radius 1 is 1.12 bits per heavy atom. The van der Waals surface area contributed by atoms with E-state index < -0.39 is 17.6 Å². The Morgan fingerprint density at radius 3 is 2.46 bits per heavy atom. The number of benzene rings is 1. The maximum Gasteiger partial charge on any atom is 0.270 e. The molecule has 134 valence electrons. The largest absolute Gasteiger partial charge is 0.343 e. The molecule has 0 radical (unpaired) electrons. The highest BCUT2D eigenvalue weighted by Crippen LogP contribution is 2.26. The van der Waals surface area contributed by atoms with Gasteiger partial charge >= 0.3 is 0 Å². The third kappa shape index (κ3) is 3.17. The summed E-state index contributed by atoms with van der Waals surface area (Å²) in [5.41, 5.74) is 0.355. The molecule has 0 saturated carbocycles. The summed E-state index contributed by atoms with van der Waals surface area (Å²) in [6.07, 6.45) is 3.37. The van der Waals surface area contributed by atoms with Crippen LogP contribution < -0.4 is 10.2 Å². The van der Waals surface area contributed by atoms with E-state index in [1.165, 1.54) is 24.3 Å². The van der Waals surface area contributed by atoms with E-state index in [0.717, 1.165) is 4.90 Å². The van der Waals surface area contributed by atoms with Crippen molar-refractivity contribution in [3.05, 3.63) is 59.7 Å². The van der Waals surface area contributed by atoms with Gasteiger partial charge in [-0.1, -0.05) is 12.1 Å². The SMILES string of the molecule is CC(C)(C)n1cccc1C=C1C(=O)NC(=S)N(c2ccccc2F)C1=O. The minimum atomic E-state index is -0.662. The number of aromatic nitrogens is 1. The molecular formula is C19H18FN3O2S. The normalized spacial score (nSPS) is 17.0. The molecule has 1 aliphatic rings. The van der Waals surface area contributed by atoms with Crippen LogP contribution >= 0.6 is 12.2 Å². The fourth-order valence-electron chi connectivity index (χ4n) is 2.78. The van der Waals surface area contributed by atoms with E-state index in [0.29, 0.717) is 5.69 Å². The van der Waals surface area contributed by atoms with E-state index in [4.69, 9.17) is 12.2 Å². The van der Waals surface area contributed by atoms with E-state index in [2.05, 4.69) is 5.32 Å². The summed E-state index contributed by atoms with van der Waals surface area (Å²) in [5.74, 6) is -1.86. The average Bonchev–Trinajstić information content (AvgIpc) is 3.01. The molecule has 3 rings (SSSR count). The van der Waals surface area contributed by atoms with Gasteiger partial charge in [0.2, 0.25) is 0 Å². The van der Waals surface area contributed by atoms with Gasteiger partial charge in [0, 0.05) is 17.4 Å². The number of carbonyl (C=O) groups excluding carboxylic acids is 2. The lowest BCUT2D eigenvalue weighted by Crippen LogP contribution is -2.54. The van der Waals surface area contributed by atoms with Gasteiger partial charge in [-0.25, -0.2) is 9.29 Å². The minimum Gasteiger partial charge on any atom is -0.343 e. The molecule has 7 heteroatoms. The molecule has 1 aromatic carbocycles. The summed E-state index contributed by atoms with van der Waals surface area (Å²) in [5, 5.41) is 2.31. The lowest BCUT2D eigenvalue weighted by molar-refractivity contribution is -0.122. The van der Waals surface area contributed by atoms with Gasteiger partial charge in [-0.2, -0.15) is 0 Å². The molecule has 1 fully saturated rings. The van der Waals surface area contributed by atoms with Crippen molar-refractivity contribution in [2.24, 2.45) is 0 Å². The highest BCUT2D eigenvalue weighted by Gasteiger charge is 2.36. The van der Waals surface area contributed by atoms with E-state index >= 15 is 0 Å². The fraction of sp³-hybridized carbons (Fsp3) is 0.211. The number of hydrogen-bond acceptors (Lipinski definition) is 3. The van der Waals surface area contributed by atoms with Gasteiger partial charge in [-0.05, 0) is 63.3 Å². The topological polar surface area (TPSA) is 54.3 Å². The summed E-state index contributed by atoms with van der Waals surface area (Å²) in [7, 11) is 0. The number of carbonyl (C=O) groups is 2. The van der Waals surface area contributed by atoms with Crippen LogP contribution in [-0.2, 0) is 15.1 Å². The minimum absolute atomic E-state index is 0.000367. The molecule has 0 spiro atoms. The van der Waals surface area contributed by atoms with Crippen molar-refractivity contribution < 1.29 is 14.0 Å². The van der Waals surface area contributed by atoms with Crippen LogP contribution in [0.5, 0.6) is 0 Å². The standard InChI is InChI=1S/C19H18FN3O2S/c1-19(2,3)22-10-6-7-12(22)11-13-16(24)21-18(26)23(17(13)25)15-9-5-4-8-14(15)20/h4-11H,1-3H3,(H,21,24,26). The second kappa shape index (κ2) is 6.49. The maximum atomic E-state index is 14.2. The van der Waals surface area contributed by atoms with Crippen molar-refractivity contribution in [1.82, 2.24) is 9.88 Å². The monoisotopic (exact) mass is 371 g/mol. The first-order valence-electron chi connectivity index (χ1n) is 8.04. The van der Waals surface area contributed by atoms with E-state index in [1.807, 2.05) is 37.6 Å². The molecule has 2 heterocycles. The number of thiocarbonyl (C=S) groups is 1. The predicted octanol–water partition coefficient (Wildman–Crippen LogP) is 3.21. The molecule has 1 aliphatic heterocycles. The Labute approximate surface area is 156 Å². The summed E-state index contributed by atoms with van der Waals surface area (Å²) in [6.45, 7) is 6.04. The van der Waals surface area contributed by atoms with Crippen LogP contribution in [0.25, 0.3) is 6.08 Å².